The van der Waals surface area contributed by atoms with E-state index in [4.69, 9.17) is 10.5 Å². The summed E-state index contributed by atoms with van der Waals surface area (Å²) in [5.41, 5.74) is 7.84. The number of pyridine rings is 1. The second kappa shape index (κ2) is 5.77. The first-order chi connectivity index (χ1) is 9.51. The molecule has 0 fully saturated rings. The smallest absolute Gasteiger partial charge is 0.215 e. The van der Waals surface area contributed by atoms with Crippen molar-refractivity contribution in [3.8, 4) is 5.88 Å². The van der Waals surface area contributed by atoms with Crippen molar-refractivity contribution in [3.63, 3.8) is 0 Å². The van der Waals surface area contributed by atoms with Gasteiger partial charge in [-0.15, -0.1) is 0 Å². The first kappa shape index (κ1) is 14.1. The number of methoxy groups -OCH3 is 1. The molecule has 106 valence electrons. The summed E-state index contributed by atoms with van der Waals surface area (Å²) in [5.74, 6) is 0.782. The van der Waals surface area contributed by atoms with E-state index >= 15 is 0 Å². The molecule has 4 nitrogen and oxygen atoms in total. The standard InChI is InChI=1S/C15H18FN3O/c1-9-4-5-11(8-12(9)16)10(2)18-15-13(17)6-7-14(19-15)20-3/h4-8,10H,17H2,1-3H3,(H,18,19). The monoisotopic (exact) mass is 275 g/mol. The number of benzene rings is 1. The summed E-state index contributed by atoms with van der Waals surface area (Å²) in [6.45, 7) is 3.66. The van der Waals surface area contributed by atoms with Crippen LogP contribution in [0.15, 0.2) is 30.3 Å². The van der Waals surface area contributed by atoms with E-state index in [2.05, 4.69) is 10.3 Å². The van der Waals surface area contributed by atoms with Gasteiger partial charge in [0.05, 0.1) is 18.8 Å². The molecule has 0 aliphatic carbocycles. The van der Waals surface area contributed by atoms with E-state index in [1.807, 2.05) is 13.0 Å². The third kappa shape index (κ3) is 2.99. The first-order valence-corrected chi connectivity index (χ1v) is 6.34. The maximum atomic E-state index is 13.6. The molecule has 0 bridgehead atoms. The number of nitrogens with zero attached hydrogens (tertiary/aromatic N) is 1. The Bertz CT molecular complexity index is 616. The predicted molar refractivity (Wildman–Crippen MR) is 78.4 cm³/mol. The molecule has 1 heterocycles. The molecule has 0 spiro atoms. The van der Waals surface area contributed by atoms with Crippen LogP contribution in [-0.2, 0) is 0 Å². The topological polar surface area (TPSA) is 60.2 Å². The number of aromatic nitrogens is 1. The van der Waals surface area contributed by atoms with Crippen molar-refractivity contribution in [2.45, 2.75) is 19.9 Å². The van der Waals surface area contributed by atoms with Crippen LogP contribution in [0.5, 0.6) is 5.88 Å². The largest absolute Gasteiger partial charge is 0.481 e. The molecule has 0 aliphatic heterocycles. The molecule has 0 aliphatic rings. The van der Waals surface area contributed by atoms with E-state index in [0.717, 1.165) is 5.56 Å². The Morgan fingerprint density at radius 2 is 2.05 bits per heavy atom. The SMILES string of the molecule is COc1ccc(N)c(NC(C)c2ccc(C)c(F)c2)n1. The fourth-order valence-corrected chi connectivity index (χ4v) is 1.85. The number of ether oxygens (including phenoxy) is 1. The summed E-state index contributed by atoms with van der Waals surface area (Å²) in [6, 6.07) is 8.45. The van der Waals surface area contributed by atoms with Crippen molar-refractivity contribution < 1.29 is 9.13 Å². The molecule has 1 aromatic carbocycles. The zero-order valence-corrected chi connectivity index (χ0v) is 11.8. The number of hydrogen-bond donors (Lipinski definition) is 2. The van der Waals surface area contributed by atoms with Crippen molar-refractivity contribution in [2.24, 2.45) is 0 Å². The Morgan fingerprint density at radius 1 is 1.30 bits per heavy atom. The van der Waals surface area contributed by atoms with Crippen LogP contribution in [0.25, 0.3) is 0 Å². The normalized spacial score (nSPS) is 12.0. The number of rotatable bonds is 4. The van der Waals surface area contributed by atoms with Gasteiger partial charge < -0.3 is 15.8 Å². The summed E-state index contributed by atoms with van der Waals surface area (Å²) in [6.07, 6.45) is 0. The average molecular weight is 275 g/mol. The van der Waals surface area contributed by atoms with Crippen LogP contribution in [-0.4, -0.2) is 12.1 Å². The number of anilines is 2. The van der Waals surface area contributed by atoms with Crippen LogP contribution >= 0.6 is 0 Å². The van der Waals surface area contributed by atoms with Crippen LogP contribution in [0, 0.1) is 12.7 Å². The van der Waals surface area contributed by atoms with E-state index in [0.29, 0.717) is 22.9 Å². The lowest BCUT2D eigenvalue weighted by Gasteiger charge is -2.17. The molecule has 2 aromatic rings. The third-order valence-corrected chi connectivity index (χ3v) is 3.16. The van der Waals surface area contributed by atoms with Gasteiger partial charge in [-0.1, -0.05) is 12.1 Å². The third-order valence-electron chi connectivity index (χ3n) is 3.16. The van der Waals surface area contributed by atoms with Crippen molar-refractivity contribution in [1.82, 2.24) is 4.98 Å². The highest BCUT2D eigenvalue weighted by Crippen LogP contribution is 2.25. The minimum absolute atomic E-state index is 0.119. The highest BCUT2D eigenvalue weighted by Gasteiger charge is 2.11. The quantitative estimate of drug-likeness (QED) is 0.899. The summed E-state index contributed by atoms with van der Waals surface area (Å²) in [4.78, 5) is 4.24. The van der Waals surface area contributed by atoms with Gasteiger partial charge in [0.1, 0.15) is 5.82 Å². The summed E-state index contributed by atoms with van der Waals surface area (Å²) < 4.78 is 18.7. The van der Waals surface area contributed by atoms with E-state index in [1.54, 1.807) is 32.2 Å². The zero-order valence-electron chi connectivity index (χ0n) is 11.8. The lowest BCUT2D eigenvalue weighted by Crippen LogP contribution is -2.10. The highest BCUT2D eigenvalue weighted by molar-refractivity contribution is 5.62. The Balaban J connectivity index is 2.22. The molecule has 20 heavy (non-hydrogen) atoms. The minimum atomic E-state index is -0.220. The van der Waals surface area contributed by atoms with Crippen molar-refractivity contribution >= 4 is 11.5 Å². The molecule has 3 N–H and O–H groups in total. The zero-order chi connectivity index (χ0) is 14.7. The molecule has 0 radical (unpaired) electrons. The number of aryl methyl sites for hydroxylation is 1. The van der Waals surface area contributed by atoms with Crippen LogP contribution in [0.2, 0.25) is 0 Å². The number of hydrogen-bond acceptors (Lipinski definition) is 4. The van der Waals surface area contributed by atoms with E-state index in [-0.39, 0.29) is 11.9 Å². The van der Waals surface area contributed by atoms with E-state index in [9.17, 15) is 4.39 Å². The average Bonchev–Trinajstić information content (AvgIpc) is 2.44. The molecular weight excluding hydrogens is 257 g/mol. The lowest BCUT2D eigenvalue weighted by atomic mass is 10.1. The molecule has 1 atom stereocenters. The van der Waals surface area contributed by atoms with Gasteiger partial charge in [0.15, 0.2) is 5.82 Å². The van der Waals surface area contributed by atoms with Crippen molar-refractivity contribution in [2.75, 3.05) is 18.2 Å². The number of nitrogen functional groups attached to an aromatic ring is 1. The first-order valence-electron chi connectivity index (χ1n) is 6.34. The molecular formula is C15H18FN3O. The molecule has 1 unspecified atom stereocenters. The van der Waals surface area contributed by atoms with Gasteiger partial charge in [-0.25, -0.2) is 4.39 Å². The molecule has 2 rings (SSSR count). The molecule has 0 amide bonds. The lowest BCUT2D eigenvalue weighted by molar-refractivity contribution is 0.398. The Kier molecular flexibility index (Phi) is 4.08. The molecule has 1 aromatic heterocycles. The van der Waals surface area contributed by atoms with Gasteiger partial charge in [0.2, 0.25) is 5.88 Å². The molecule has 5 heteroatoms. The number of halogens is 1. The number of nitrogens with two attached hydrogens (primary N) is 1. The van der Waals surface area contributed by atoms with Crippen molar-refractivity contribution in [3.05, 3.63) is 47.3 Å². The van der Waals surface area contributed by atoms with Crippen LogP contribution in [0.1, 0.15) is 24.1 Å². The Hall–Kier alpha value is -2.30. The summed E-state index contributed by atoms with van der Waals surface area (Å²) in [7, 11) is 1.54. The van der Waals surface area contributed by atoms with Gasteiger partial charge >= 0.3 is 0 Å². The van der Waals surface area contributed by atoms with Crippen molar-refractivity contribution in [1.29, 1.82) is 0 Å². The van der Waals surface area contributed by atoms with E-state index in [1.165, 1.54) is 6.07 Å². The number of nitrogens with one attached hydrogen (secondary N) is 1. The van der Waals surface area contributed by atoms with Crippen LogP contribution < -0.4 is 15.8 Å². The van der Waals surface area contributed by atoms with Gasteiger partial charge in [-0.2, -0.15) is 4.98 Å². The van der Waals surface area contributed by atoms with Gasteiger partial charge in [0.25, 0.3) is 0 Å². The maximum Gasteiger partial charge on any atom is 0.215 e. The minimum Gasteiger partial charge on any atom is -0.481 e. The molecule has 0 saturated heterocycles. The van der Waals surface area contributed by atoms with Crippen LogP contribution in [0.3, 0.4) is 0 Å². The van der Waals surface area contributed by atoms with E-state index < -0.39 is 0 Å². The van der Waals surface area contributed by atoms with Crippen LogP contribution in [0.4, 0.5) is 15.9 Å². The molecule has 0 saturated carbocycles. The van der Waals surface area contributed by atoms with Gasteiger partial charge in [-0.05, 0) is 37.1 Å². The maximum absolute atomic E-state index is 13.6. The summed E-state index contributed by atoms with van der Waals surface area (Å²) in [5, 5.41) is 3.17. The second-order valence-electron chi connectivity index (χ2n) is 4.67. The highest BCUT2D eigenvalue weighted by atomic mass is 19.1. The Morgan fingerprint density at radius 3 is 2.70 bits per heavy atom. The fraction of sp³-hybridized carbons (Fsp3) is 0.267. The summed E-state index contributed by atoms with van der Waals surface area (Å²) >= 11 is 0. The predicted octanol–water partition coefficient (Wildman–Crippen LogP) is 3.29. The van der Waals surface area contributed by atoms with Gasteiger partial charge in [0, 0.05) is 6.07 Å². The second-order valence-corrected chi connectivity index (χ2v) is 4.67. The fourth-order valence-electron chi connectivity index (χ4n) is 1.85. The Labute approximate surface area is 117 Å². The van der Waals surface area contributed by atoms with Gasteiger partial charge in [-0.3, -0.25) is 0 Å².